The van der Waals surface area contributed by atoms with Crippen molar-refractivity contribution in [2.45, 2.75) is 36.2 Å². The minimum absolute atomic E-state index is 0.0529. The number of likely N-dealkylation sites (tertiary alicyclic amines) is 1. The maximum absolute atomic E-state index is 15.2. The number of hydrogen-bond acceptors (Lipinski definition) is 7. The third kappa shape index (κ3) is 4.59. The van der Waals surface area contributed by atoms with Gasteiger partial charge in [-0.05, 0) is 49.6 Å². The van der Waals surface area contributed by atoms with Crippen LogP contribution in [-0.4, -0.2) is 66.3 Å². The average molecular weight is 523 g/mol. The molecule has 1 atom stereocenters. The van der Waals surface area contributed by atoms with Gasteiger partial charge >= 0.3 is 0 Å². The second kappa shape index (κ2) is 9.83. The van der Waals surface area contributed by atoms with Gasteiger partial charge in [0.05, 0.1) is 30.3 Å². The molecule has 0 radical (unpaired) electrons. The lowest BCUT2D eigenvalue weighted by molar-refractivity contribution is -0.113. The average Bonchev–Trinajstić information content (AvgIpc) is 2.92. The van der Waals surface area contributed by atoms with Crippen molar-refractivity contribution in [3.05, 3.63) is 53.5 Å². The van der Waals surface area contributed by atoms with Crippen molar-refractivity contribution in [3.8, 4) is 11.5 Å². The first-order chi connectivity index (χ1) is 18.0. The van der Waals surface area contributed by atoms with Crippen LogP contribution in [0.15, 0.2) is 41.4 Å². The summed E-state index contributed by atoms with van der Waals surface area (Å²) in [6, 6.07) is 8.97. The second-order valence-electron chi connectivity index (χ2n) is 9.58. The van der Waals surface area contributed by atoms with Gasteiger partial charge in [0.15, 0.2) is 11.6 Å². The topological polar surface area (TPSA) is 92.8 Å². The Morgan fingerprint density at radius 2 is 2.11 bits per heavy atom. The lowest BCUT2D eigenvalue weighted by Crippen LogP contribution is -2.51. The number of aromatic nitrogens is 1. The van der Waals surface area contributed by atoms with E-state index >= 15 is 4.39 Å². The van der Waals surface area contributed by atoms with Crippen LogP contribution in [0.5, 0.6) is 11.5 Å². The SMILES string of the molecule is COc1ccc2ncc3c(c2c1F)CC(N1CCC(NC(=O)c2ccc4c(c2)NC(=O)CS4)CC1)CO3. The summed E-state index contributed by atoms with van der Waals surface area (Å²) in [7, 11) is 1.46. The fraction of sp³-hybridized carbons (Fsp3) is 0.370. The zero-order chi connectivity index (χ0) is 25.5. The molecule has 192 valence electrons. The van der Waals surface area contributed by atoms with E-state index in [-0.39, 0.29) is 29.6 Å². The van der Waals surface area contributed by atoms with E-state index in [1.54, 1.807) is 30.5 Å². The number of carbonyl (C=O) groups is 2. The number of piperidine rings is 1. The highest BCUT2D eigenvalue weighted by Gasteiger charge is 2.32. The highest BCUT2D eigenvalue weighted by atomic mass is 32.2. The fourth-order valence-electron chi connectivity index (χ4n) is 5.37. The van der Waals surface area contributed by atoms with E-state index in [9.17, 15) is 9.59 Å². The molecule has 0 aliphatic carbocycles. The van der Waals surface area contributed by atoms with Crippen LogP contribution < -0.4 is 20.1 Å². The normalized spacial score (nSPS) is 19.9. The van der Waals surface area contributed by atoms with E-state index in [0.29, 0.717) is 46.7 Å². The summed E-state index contributed by atoms with van der Waals surface area (Å²) in [5, 5.41) is 6.45. The number of rotatable bonds is 4. The molecule has 3 aliphatic rings. The maximum Gasteiger partial charge on any atom is 0.251 e. The van der Waals surface area contributed by atoms with E-state index in [1.807, 2.05) is 6.07 Å². The number of thioether (sulfide) groups is 1. The minimum atomic E-state index is -0.407. The summed E-state index contributed by atoms with van der Waals surface area (Å²) in [6.45, 7) is 2.13. The van der Waals surface area contributed by atoms with Crippen LogP contribution in [-0.2, 0) is 11.2 Å². The summed E-state index contributed by atoms with van der Waals surface area (Å²) in [4.78, 5) is 32.3. The molecule has 2 amide bonds. The number of pyridine rings is 1. The number of carbonyl (C=O) groups excluding carboxylic acids is 2. The summed E-state index contributed by atoms with van der Waals surface area (Å²) < 4.78 is 26.4. The Labute approximate surface area is 217 Å². The Bertz CT molecular complexity index is 1390. The van der Waals surface area contributed by atoms with E-state index in [0.717, 1.165) is 36.4 Å². The molecule has 0 saturated carbocycles. The van der Waals surface area contributed by atoms with Crippen LogP contribution in [0.4, 0.5) is 10.1 Å². The number of hydrogen-bond donors (Lipinski definition) is 2. The van der Waals surface area contributed by atoms with Crippen LogP contribution in [0.2, 0.25) is 0 Å². The van der Waals surface area contributed by atoms with Gasteiger partial charge in [-0.3, -0.25) is 19.5 Å². The number of methoxy groups -OCH3 is 1. The van der Waals surface area contributed by atoms with Crippen molar-refractivity contribution in [1.82, 2.24) is 15.2 Å². The van der Waals surface area contributed by atoms with Gasteiger partial charge in [0, 0.05) is 46.6 Å². The first kappa shape index (κ1) is 24.0. The standard InChI is InChI=1S/C27H27FN4O4S/c1-35-21-4-3-19-25(26(21)28)18-11-17(13-36-22(18)12-29-19)32-8-6-16(7-9-32)30-27(34)15-2-5-23-20(10-15)31-24(33)14-37-23/h2-5,10,12,16-17H,6-9,11,13-14H2,1H3,(H,30,34)(H,31,33). The van der Waals surface area contributed by atoms with Crippen molar-refractivity contribution in [3.63, 3.8) is 0 Å². The van der Waals surface area contributed by atoms with Gasteiger partial charge < -0.3 is 20.1 Å². The van der Waals surface area contributed by atoms with Crippen LogP contribution >= 0.6 is 11.8 Å². The third-order valence-electron chi connectivity index (χ3n) is 7.35. The second-order valence-corrected chi connectivity index (χ2v) is 10.6. The van der Waals surface area contributed by atoms with Gasteiger partial charge in [-0.2, -0.15) is 0 Å². The lowest BCUT2D eigenvalue weighted by atomic mass is 9.95. The molecular weight excluding hydrogens is 495 g/mol. The monoisotopic (exact) mass is 522 g/mol. The van der Waals surface area contributed by atoms with Crippen molar-refractivity contribution >= 4 is 40.2 Å². The van der Waals surface area contributed by atoms with E-state index in [4.69, 9.17) is 9.47 Å². The molecule has 1 aromatic heterocycles. The maximum atomic E-state index is 15.2. The molecule has 2 aromatic carbocycles. The molecule has 3 aliphatic heterocycles. The van der Waals surface area contributed by atoms with Crippen LogP contribution in [0, 0.1) is 5.82 Å². The van der Waals surface area contributed by atoms with Gasteiger partial charge in [0.25, 0.3) is 5.91 Å². The number of fused-ring (bicyclic) bond motifs is 4. The Kier molecular flexibility index (Phi) is 6.37. The highest BCUT2D eigenvalue weighted by molar-refractivity contribution is 8.00. The zero-order valence-corrected chi connectivity index (χ0v) is 21.2. The summed E-state index contributed by atoms with van der Waals surface area (Å²) >= 11 is 1.48. The van der Waals surface area contributed by atoms with Crippen molar-refractivity contribution in [2.24, 2.45) is 0 Å². The molecular formula is C27H27FN4O4S. The van der Waals surface area contributed by atoms with Crippen molar-refractivity contribution < 1.29 is 23.5 Å². The minimum Gasteiger partial charge on any atom is -0.494 e. The first-order valence-electron chi connectivity index (χ1n) is 12.4. The predicted octanol–water partition coefficient (Wildman–Crippen LogP) is 3.62. The molecule has 8 nitrogen and oxygen atoms in total. The first-order valence-corrected chi connectivity index (χ1v) is 13.4. The highest BCUT2D eigenvalue weighted by Crippen LogP contribution is 2.37. The quantitative estimate of drug-likeness (QED) is 0.541. The molecule has 1 fully saturated rings. The summed E-state index contributed by atoms with van der Waals surface area (Å²) in [6.07, 6.45) is 3.96. The Morgan fingerprint density at radius 1 is 1.27 bits per heavy atom. The number of amides is 2. The Balaban J connectivity index is 1.10. The molecule has 37 heavy (non-hydrogen) atoms. The lowest BCUT2D eigenvalue weighted by Gasteiger charge is -2.39. The van der Waals surface area contributed by atoms with Gasteiger partial charge in [0.1, 0.15) is 12.4 Å². The fourth-order valence-corrected chi connectivity index (χ4v) is 6.16. The molecule has 0 bridgehead atoms. The number of nitrogens with one attached hydrogen (secondary N) is 2. The summed E-state index contributed by atoms with van der Waals surface area (Å²) in [5.41, 5.74) is 2.64. The molecule has 10 heteroatoms. The van der Waals surface area contributed by atoms with Crippen LogP contribution in [0.1, 0.15) is 28.8 Å². The number of ether oxygens (including phenoxy) is 2. The van der Waals surface area contributed by atoms with Gasteiger partial charge in [-0.1, -0.05) is 0 Å². The van der Waals surface area contributed by atoms with Gasteiger partial charge in [-0.15, -0.1) is 11.8 Å². The van der Waals surface area contributed by atoms with E-state index in [2.05, 4.69) is 20.5 Å². The van der Waals surface area contributed by atoms with Gasteiger partial charge in [-0.25, -0.2) is 4.39 Å². The molecule has 4 heterocycles. The molecule has 3 aromatic rings. The Morgan fingerprint density at radius 3 is 2.92 bits per heavy atom. The summed E-state index contributed by atoms with van der Waals surface area (Å²) in [5.74, 6) is 0.618. The van der Waals surface area contributed by atoms with Crippen LogP contribution in [0.3, 0.4) is 0 Å². The smallest absolute Gasteiger partial charge is 0.251 e. The molecule has 1 saturated heterocycles. The number of benzene rings is 2. The van der Waals surface area contributed by atoms with Crippen molar-refractivity contribution in [2.75, 3.05) is 37.9 Å². The predicted molar refractivity (Wildman–Crippen MR) is 139 cm³/mol. The van der Waals surface area contributed by atoms with E-state index in [1.165, 1.54) is 18.9 Å². The third-order valence-corrected chi connectivity index (χ3v) is 8.42. The Hall–Kier alpha value is -3.37. The molecule has 2 N–H and O–H groups in total. The number of halogens is 1. The zero-order valence-electron chi connectivity index (χ0n) is 20.4. The van der Waals surface area contributed by atoms with Gasteiger partial charge in [0.2, 0.25) is 5.91 Å². The van der Waals surface area contributed by atoms with Crippen molar-refractivity contribution in [1.29, 1.82) is 0 Å². The van der Waals surface area contributed by atoms with E-state index < -0.39 is 5.82 Å². The molecule has 0 spiro atoms. The number of nitrogens with zero attached hydrogens (tertiary/aromatic N) is 2. The molecule has 1 unspecified atom stereocenters. The number of anilines is 1. The molecule has 6 rings (SSSR count). The van der Waals surface area contributed by atoms with Crippen LogP contribution in [0.25, 0.3) is 10.9 Å². The largest absolute Gasteiger partial charge is 0.494 e.